The average Bonchev–Trinajstić information content (AvgIpc) is 2.79. The van der Waals surface area contributed by atoms with Gasteiger partial charge < -0.3 is 20.6 Å². The van der Waals surface area contributed by atoms with E-state index in [1.807, 2.05) is 0 Å². The van der Waals surface area contributed by atoms with Crippen LogP contribution in [0.15, 0.2) is 52.3 Å². The Morgan fingerprint density at radius 3 is 1.95 bits per heavy atom. The van der Waals surface area contributed by atoms with Gasteiger partial charge in [-0.25, -0.2) is 16.8 Å². The van der Waals surface area contributed by atoms with Gasteiger partial charge in [-0.15, -0.1) is 0 Å². The summed E-state index contributed by atoms with van der Waals surface area (Å²) in [5.41, 5.74) is -4.17. The first kappa shape index (κ1) is 30.8. The number of sulfonamides is 2. The van der Waals surface area contributed by atoms with Crippen LogP contribution >= 0.6 is 11.6 Å². The maximum Gasteiger partial charge on any atom is 0.426 e. The van der Waals surface area contributed by atoms with Gasteiger partial charge in [0.05, 0.1) is 33.7 Å². The van der Waals surface area contributed by atoms with Crippen molar-refractivity contribution in [3.8, 4) is 0 Å². The van der Waals surface area contributed by atoms with E-state index < -0.39 is 60.9 Å². The molecule has 11 nitrogen and oxygen atoms in total. The molecule has 206 valence electrons. The van der Waals surface area contributed by atoms with E-state index in [0.717, 1.165) is 46.8 Å². The SMILES string of the molecule is C[C@@](O)(C(=O)Nc1ccc(S(=O)(=O)Nc2ccc(S(=O)(=O)N(CCO)CCO)cc2)cc1Cl)C(F)(F)F. The number of carbonyl (C=O) groups is 1. The Morgan fingerprint density at radius 1 is 0.973 bits per heavy atom. The smallest absolute Gasteiger partial charge is 0.395 e. The first-order valence-corrected chi connectivity index (χ1v) is 13.5. The van der Waals surface area contributed by atoms with Crippen LogP contribution in [0.2, 0.25) is 5.02 Å². The Morgan fingerprint density at radius 2 is 1.49 bits per heavy atom. The van der Waals surface area contributed by atoms with Crippen LogP contribution in [0.5, 0.6) is 0 Å². The molecule has 2 aromatic rings. The van der Waals surface area contributed by atoms with Gasteiger partial charge in [0, 0.05) is 18.8 Å². The number of aliphatic hydroxyl groups excluding tert-OH is 2. The zero-order valence-electron chi connectivity index (χ0n) is 19.0. The minimum absolute atomic E-state index is 0.0513. The maximum atomic E-state index is 12.8. The van der Waals surface area contributed by atoms with Crippen molar-refractivity contribution in [1.82, 2.24) is 4.31 Å². The normalized spacial score (nSPS) is 14.3. The molecular weight excluding hydrogens is 567 g/mol. The number of benzene rings is 2. The van der Waals surface area contributed by atoms with Crippen LogP contribution in [0.1, 0.15) is 6.92 Å². The van der Waals surface area contributed by atoms with E-state index in [-0.39, 0.29) is 36.3 Å². The second-order valence-corrected chi connectivity index (χ2v) is 11.7. The van der Waals surface area contributed by atoms with Crippen LogP contribution in [-0.2, 0) is 24.8 Å². The highest BCUT2D eigenvalue weighted by Crippen LogP contribution is 2.33. The lowest BCUT2D eigenvalue weighted by atomic mass is 10.1. The molecule has 0 aliphatic rings. The second kappa shape index (κ2) is 11.5. The van der Waals surface area contributed by atoms with Gasteiger partial charge in [0.2, 0.25) is 15.6 Å². The number of carbonyl (C=O) groups excluding carboxylic acids is 1. The Balaban J connectivity index is 2.23. The third-order valence-electron chi connectivity index (χ3n) is 4.94. The second-order valence-electron chi connectivity index (χ2n) is 7.65. The summed E-state index contributed by atoms with van der Waals surface area (Å²) in [5.74, 6) is -1.83. The summed E-state index contributed by atoms with van der Waals surface area (Å²) in [5, 5.41) is 28.9. The van der Waals surface area contributed by atoms with Gasteiger partial charge in [-0.05, 0) is 49.4 Å². The van der Waals surface area contributed by atoms with Gasteiger partial charge in [-0.3, -0.25) is 9.52 Å². The molecule has 17 heteroatoms. The summed E-state index contributed by atoms with van der Waals surface area (Å²) < 4.78 is 92.2. The van der Waals surface area contributed by atoms with Crippen molar-refractivity contribution in [1.29, 1.82) is 0 Å². The van der Waals surface area contributed by atoms with Crippen LogP contribution < -0.4 is 10.0 Å². The average molecular weight is 590 g/mol. The van der Waals surface area contributed by atoms with E-state index in [0.29, 0.717) is 0 Å². The summed E-state index contributed by atoms with van der Waals surface area (Å²) >= 11 is 5.92. The highest BCUT2D eigenvalue weighted by molar-refractivity contribution is 7.92. The lowest BCUT2D eigenvalue weighted by molar-refractivity contribution is -0.242. The van der Waals surface area contributed by atoms with Crippen LogP contribution in [0.4, 0.5) is 24.5 Å². The van der Waals surface area contributed by atoms with Crippen molar-refractivity contribution < 1.29 is 50.1 Å². The van der Waals surface area contributed by atoms with Crippen LogP contribution in [0.3, 0.4) is 0 Å². The molecule has 2 rings (SSSR count). The fourth-order valence-electron chi connectivity index (χ4n) is 2.77. The van der Waals surface area contributed by atoms with Gasteiger partial charge in [-0.1, -0.05) is 11.6 Å². The number of halogens is 4. The van der Waals surface area contributed by atoms with E-state index >= 15 is 0 Å². The summed E-state index contributed by atoms with van der Waals surface area (Å²) in [7, 11) is -8.40. The summed E-state index contributed by atoms with van der Waals surface area (Å²) in [6, 6.07) is 7.22. The molecule has 0 aliphatic heterocycles. The lowest BCUT2D eigenvalue weighted by Crippen LogP contribution is -2.52. The van der Waals surface area contributed by atoms with Crippen molar-refractivity contribution in [3.05, 3.63) is 47.5 Å². The number of nitrogens with one attached hydrogen (secondary N) is 2. The largest absolute Gasteiger partial charge is 0.426 e. The molecule has 0 bridgehead atoms. The molecule has 0 unspecified atom stereocenters. The van der Waals surface area contributed by atoms with E-state index in [2.05, 4.69) is 4.72 Å². The van der Waals surface area contributed by atoms with Crippen LogP contribution in [0, 0.1) is 0 Å². The number of aliphatic hydroxyl groups is 3. The molecule has 5 N–H and O–H groups in total. The first-order valence-electron chi connectivity index (χ1n) is 10.2. The molecule has 0 aromatic heterocycles. The zero-order valence-corrected chi connectivity index (χ0v) is 21.4. The molecule has 0 heterocycles. The van der Waals surface area contributed by atoms with Crippen molar-refractivity contribution in [2.24, 2.45) is 0 Å². The first-order chi connectivity index (χ1) is 17.0. The van der Waals surface area contributed by atoms with E-state index in [1.165, 1.54) is 0 Å². The van der Waals surface area contributed by atoms with Crippen molar-refractivity contribution in [3.63, 3.8) is 0 Å². The standard InChI is InChI=1S/C20H23ClF3N3O8S2/c1-19(31,20(22,23)24)18(30)25-17-7-6-15(12-16(17)21)36(32,33)26-13-2-4-14(5-3-13)37(34,35)27(8-10-28)9-11-29/h2-7,12,26,28-29,31H,8-11H2,1H3,(H,25,30)/t19-/m1/s1. The number of nitrogens with zero attached hydrogens (tertiary/aromatic N) is 1. The monoisotopic (exact) mass is 589 g/mol. The molecule has 37 heavy (non-hydrogen) atoms. The molecule has 1 amide bonds. The number of amides is 1. The van der Waals surface area contributed by atoms with Crippen molar-refractivity contribution in [2.75, 3.05) is 36.3 Å². The van der Waals surface area contributed by atoms with E-state index in [9.17, 15) is 39.9 Å². The number of rotatable bonds is 11. The Labute approximate surface area is 215 Å². The minimum atomic E-state index is -5.28. The molecule has 0 aliphatic carbocycles. The number of alkyl halides is 3. The topological polar surface area (TPSA) is 173 Å². The quantitative estimate of drug-likeness (QED) is 0.261. The van der Waals surface area contributed by atoms with Crippen molar-refractivity contribution in [2.45, 2.75) is 28.5 Å². The molecule has 0 saturated carbocycles. The third kappa shape index (κ3) is 7.10. The number of anilines is 2. The Bertz CT molecular complexity index is 1330. The number of hydrogen-bond donors (Lipinski definition) is 5. The van der Waals surface area contributed by atoms with Gasteiger partial charge in [0.1, 0.15) is 0 Å². The van der Waals surface area contributed by atoms with Crippen LogP contribution in [0.25, 0.3) is 0 Å². The summed E-state index contributed by atoms with van der Waals surface area (Å²) in [6.45, 7) is -1.25. The Hall–Kier alpha value is -2.47. The highest BCUT2D eigenvalue weighted by atomic mass is 35.5. The predicted molar refractivity (Wildman–Crippen MR) is 127 cm³/mol. The van der Waals surface area contributed by atoms with Crippen molar-refractivity contribution >= 4 is 48.9 Å². The van der Waals surface area contributed by atoms with Crippen LogP contribution in [-0.4, -0.2) is 80.4 Å². The molecular formula is C20H23ClF3N3O8S2. The lowest BCUT2D eigenvalue weighted by Gasteiger charge is -2.25. The predicted octanol–water partition coefficient (Wildman–Crippen LogP) is 1.37. The fraction of sp³-hybridized carbons (Fsp3) is 0.350. The maximum absolute atomic E-state index is 12.8. The molecule has 0 saturated heterocycles. The highest BCUT2D eigenvalue weighted by Gasteiger charge is 2.55. The summed E-state index contributed by atoms with van der Waals surface area (Å²) in [4.78, 5) is 11.2. The number of hydrogen-bond acceptors (Lipinski definition) is 8. The third-order valence-corrected chi connectivity index (χ3v) is 8.54. The fourth-order valence-corrected chi connectivity index (χ4v) is 5.57. The zero-order chi connectivity index (χ0) is 28.2. The van der Waals surface area contributed by atoms with E-state index in [4.69, 9.17) is 21.8 Å². The van der Waals surface area contributed by atoms with Gasteiger partial charge in [0.15, 0.2) is 0 Å². The summed E-state index contributed by atoms with van der Waals surface area (Å²) in [6.07, 6.45) is -5.28. The van der Waals surface area contributed by atoms with Gasteiger partial charge in [0.25, 0.3) is 15.9 Å². The molecule has 0 fully saturated rings. The van der Waals surface area contributed by atoms with Gasteiger partial charge in [-0.2, -0.15) is 17.5 Å². The van der Waals surface area contributed by atoms with E-state index in [1.54, 1.807) is 5.32 Å². The molecule has 1 atom stereocenters. The minimum Gasteiger partial charge on any atom is -0.395 e. The molecule has 2 aromatic carbocycles. The molecule has 0 radical (unpaired) electrons. The Kier molecular flexibility index (Phi) is 9.56. The molecule has 0 spiro atoms. The van der Waals surface area contributed by atoms with Gasteiger partial charge >= 0.3 is 6.18 Å².